The van der Waals surface area contributed by atoms with Crippen molar-refractivity contribution in [3.8, 4) is 17.2 Å². The first-order valence-corrected chi connectivity index (χ1v) is 31.3. The third-order valence-corrected chi connectivity index (χ3v) is 13.1. The van der Waals surface area contributed by atoms with Gasteiger partial charge in [0.1, 0.15) is 24.8 Å². The predicted molar refractivity (Wildman–Crippen MR) is 367 cm³/mol. The molecule has 4 heterocycles. The molecule has 5 aromatic carbocycles. The van der Waals surface area contributed by atoms with Crippen molar-refractivity contribution in [1.29, 1.82) is 0 Å². The number of rotatable bonds is 17. The van der Waals surface area contributed by atoms with Crippen LogP contribution in [0.5, 0.6) is 17.2 Å². The number of carbonyl (C=O) groups excluding carboxylic acids is 6. The fraction of sp³-hybridized carbons (Fsp3) is 0.246. The number of aliphatic carboxylic acids is 1. The van der Waals surface area contributed by atoms with E-state index in [1.165, 1.54) is 24.9 Å². The van der Waals surface area contributed by atoms with E-state index < -0.39 is 23.9 Å². The topological polar surface area (TPSA) is 311 Å². The van der Waals surface area contributed by atoms with E-state index in [2.05, 4.69) is 112 Å². The van der Waals surface area contributed by atoms with Gasteiger partial charge in [0.15, 0.2) is 40.5 Å². The van der Waals surface area contributed by atoms with Gasteiger partial charge in [-0.2, -0.15) is 15.0 Å². The van der Waals surface area contributed by atoms with Crippen LogP contribution in [-0.4, -0.2) is 140 Å². The summed E-state index contributed by atoms with van der Waals surface area (Å²) in [4.78, 5) is 106. The van der Waals surface area contributed by atoms with Crippen molar-refractivity contribution in [3.05, 3.63) is 214 Å². The zero-order valence-corrected chi connectivity index (χ0v) is 60.4. The number of ketones is 3. The van der Waals surface area contributed by atoms with Crippen LogP contribution in [0.25, 0.3) is 0 Å². The number of carbonyl (C=O) groups is 7. The Morgan fingerprint density at radius 3 is 1.32 bits per heavy atom. The number of hydrogen-bond acceptors (Lipinski definition) is 22. The Balaban J connectivity index is 0.000000560. The molecule has 23 nitrogen and oxygen atoms in total. The quantitative estimate of drug-likeness (QED) is 0.0219. The molecule has 1 unspecified atom stereocenters. The number of hydrogen-bond donors (Lipinski definition) is 4. The number of likely N-dealkylation sites (N-methyl/N-ethyl adjacent to an activating group) is 1. The summed E-state index contributed by atoms with van der Waals surface area (Å²) in [6.45, 7) is 4.11. The number of benzene rings is 5. The second-order valence-electron chi connectivity index (χ2n) is 18.8. The normalized spacial score (nSPS) is 10.9. The number of nitrogens with one attached hydrogen (secondary N) is 2. The summed E-state index contributed by atoms with van der Waals surface area (Å²) < 4.78 is 14.7. The molecule has 3 aromatic heterocycles. The number of aromatic hydroxyl groups is 1. The molecule has 1 aliphatic rings. The molecule has 0 saturated heterocycles. The van der Waals surface area contributed by atoms with Gasteiger partial charge in [-0.3, -0.25) is 24.0 Å². The van der Waals surface area contributed by atoms with Crippen molar-refractivity contribution < 1.29 is 97.2 Å². The van der Waals surface area contributed by atoms with Crippen molar-refractivity contribution in [2.24, 2.45) is 0 Å². The molecule has 497 valence electrons. The van der Waals surface area contributed by atoms with E-state index in [-0.39, 0.29) is 87.6 Å². The van der Waals surface area contributed by atoms with E-state index in [1.54, 1.807) is 32.4 Å². The maximum atomic E-state index is 11.8. The predicted octanol–water partition coefficient (Wildman–Crippen LogP) is 8.17. The van der Waals surface area contributed by atoms with E-state index in [9.17, 15) is 33.6 Å². The van der Waals surface area contributed by atoms with Crippen LogP contribution in [-0.2, 0) is 80.1 Å². The van der Waals surface area contributed by atoms with E-state index in [0.717, 1.165) is 48.3 Å². The van der Waals surface area contributed by atoms with Crippen molar-refractivity contribution in [1.82, 2.24) is 29.9 Å². The Kier molecular flexibility index (Phi) is 45.0. The number of fused-ring (bicyclic) bond motifs is 1. The summed E-state index contributed by atoms with van der Waals surface area (Å²) in [6, 6.07) is 48.8. The van der Waals surface area contributed by atoms with Crippen LogP contribution in [0.3, 0.4) is 0 Å². The molecule has 0 bridgehead atoms. The minimum Gasteiger partial charge on any atom is -0.793 e. The zero-order chi connectivity index (χ0) is 69.6. The molecule has 9 rings (SSSR count). The molecule has 30 heteroatoms. The van der Waals surface area contributed by atoms with E-state index in [0.29, 0.717) is 59.7 Å². The molecular weight excluding hydrogens is 1430 g/mol. The molecule has 3 radical (unpaired) electrons. The number of carboxylic acid groups (broad SMARTS) is 1. The van der Waals surface area contributed by atoms with Crippen LogP contribution in [0.4, 0.5) is 17.5 Å². The third kappa shape index (κ3) is 39.4. The van der Waals surface area contributed by atoms with Gasteiger partial charge in [-0.15, -0.1) is 0 Å². The van der Waals surface area contributed by atoms with Gasteiger partial charge in [0.05, 0.1) is 41.7 Å². The third-order valence-electron chi connectivity index (χ3n) is 11.3. The Labute approximate surface area is 606 Å². The number of nitrogens with zero attached hydrogens (tertiary/aromatic N) is 7. The van der Waals surface area contributed by atoms with Crippen LogP contribution >= 0.6 is 66.7 Å². The molecule has 1 atom stereocenters. The summed E-state index contributed by atoms with van der Waals surface area (Å²) in [6.07, 6.45) is 6.74. The molecular formula is C65H69BBr2Cl3N9NaO14. The Morgan fingerprint density at radius 2 is 0.937 bits per heavy atom. The van der Waals surface area contributed by atoms with Crippen molar-refractivity contribution in [3.63, 3.8) is 0 Å². The van der Waals surface area contributed by atoms with Gasteiger partial charge in [0, 0.05) is 61.2 Å². The second kappa shape index (κ2) is 50.4. The van der Waals surface area contributed by atoms with Gasteiger partial charge >= 0.3 is 47.5 Å². The smallest absolute Gasteiger partial charge is 0.793 e. The number of anilines is 3. The molecule has 0 amide bonds. The van der Waals surface area contributed by atoms with Gasteiger partial charge in [-0.1, -0.05) is 184 Å². The van der Waals surface area contributed by atoms with Crippen molar-refractivity contribution in [2.75, 3.05) is 60.6 Å². The molecule has 95 heavy (non-hydrogen) atoms. The molecule has 0 fully saturated rings. The standard InChI is InChI=1S/C14H14ClN3O2.C14H14ClN3O.2C9H9BrO.C8H8O2.C5H6ClN3O.C4H6O4.C2H3BO2.Na/c1-16-13-12(8-17-14(15)18-13)20-9-11(19)7-10-5-3-2-4-6-10;1-18-11(7-10-5-3-2-4-6-10)9-19-12-8-16-14(15)17-13(12)18;2*10-7-9(11)6-8-4-2-1-3-5-8;9-8(10)6-7-4-2-1-3-5-7;1-7-4-3(10)2-8-5(6)9-4;1-3(5)7-8-4(2)6;1-2(4)5-3;/h2-6,8H,7,9H2,1H3,(H,16,17,18);2-6,8,11H,7,9H2,1H3;2*1-5H,6-7H2;1-5H,6H2,(H,9,10);2,10H,1H3,(H,7,8,9);1-2H3;1H3;/q;;;;;;;-1;+1. The molecule has 4 N–H and O–H groups in total. The van der Waals surface area contributed by atoms with Gasteiger partial charge in [0.25, 0.3) is 0 Å². The summed E-state index contributed by atoms with van der Waals surface area (Å²) >= 11 is 23.2. The number of carboxylic acids is 1. The Bertz CT molecular complexity index is 3500. The molecule has 0 spiro atoms. The maximum Gasteiger partial charge on any atom is 1.00 e. The first kappa shape index (κ1) is 84.9. The van der Waals surface area contributed by atoms with Crippen LogP contribution in [0.1, 0.15) is 48.6 Å². The molecule has 0 saturated carbocycles. The first-order chi connectivity index (χ1) is 45.0. The van der Waals surface area contributed by atoms with E-state index >= 15 is 0 Å². The van der Waals surface area contributed by atoms with Crippen LogP contribution < -0.4 is 54.6 Å². The van der Waals surface area contributed by atoms with Crippen LogP contribution in [0.2, 0.25) is 15.9 Å². The minimum absolute atomic E-state index is 0. The average Bonchev–Trinajstić information content (AvgIpc) is 0.838. The van der Waals surface area contributed by atoms with Crippen LogP contribution in [0.15, 0.2) is 170 Å². The average molecular weight is 1500 g/mol. The van der Waals surface area contributed by atoms with Crippen molar-refractivity contribution >= 4 is 133 Å². The number of Topliss-reactive ketones (excluding diaryl/α,β-unsaturated/α-hetero) is 3. The second-order valence-corrected chi connectivity index (χ2v) is 20.9. The first-order valence-electron chi connectivity index (χ1n) is 27.9. The monoisotopic (exact) mass is 1500 g/mol. The number of halogens is 5. The van der Waals surface area contributed by atoms with Gasteiger partial charge < -0.3 is 47.9 Å². The van der Waals surface area contributed by atoms with Gasteiger partial charge in [-0.05, 0) is 69.0 Å². The number of alkyl halides is 2. The fourth-order valence-corrected chi connectivity index (χ4v) is 7.87. The zero-order valence-electron chi connectivity index (χ0n) is 53.0. The number of aromatic nitrogens is 6. The van der Waals surface area contributed by atoms with Crippen molar-refractivity contribution in [2.45, 2.75) is 58.9 Å². The summed E-state index contributed by atoms with van der Waals surface area (Å²) in [5.41, 5.74) is 5.25. The molecule has 0 aliphatic carbocycles. The number of ether oxygens (including phenoxy) is 2. The van der Waals surface area contributed by atoms with E-state index in [1.807, 2.05) is 134 Å². The minimum atomic E-state index is -0.786. The molecule has 1 aliphatic heterocycles. The van der Waals surface area contributed by atoms with E-state index in [4.69, 9.17) is 54.5 Å². The summed E-state index contributed by atoms with van der Waals surface area (Å²) in [7, 11) is 9.66. The fourth-order valence-electron chi connectivity index (χ4n) is 7.08. The van der Waals surface area contributed by atoms with Gasteiger partial charge in [-0.25, -0.2) is 34.3 Å². The van der Waals surface area contributed by atoms with Crippen LogP contribution in [0, 0.1) is 0 Å². The summed E-state index contributed by atoms with van der Waals surface area (Å²) in [5.74, 6) is 0.517. The maximum absolute atomic E-state index is 11.8. The Hall–Kier alpha value is -8.08. The Morgan fingerprint density at radius 1 is 0.568 bits per heavy atom. The SMILES string of the molecule is CC(=O)OOC(C)=O.CN1c2nc(Cl)ncc2OCC1Cc1ccccc1.CNc1nc(Cl)ncc1O.CNc1nc(Cl)ncc1OCC(=O)Cc1ccccc1.O=C(CBr)Cc1ccccc1.O=C(CBr)Cc1ccccc1.O=C(O)Cc1ccccc1.[B-]OC(C)=O.[Na+]. The van der Waals surface area contributed by atoms with Gasteiger partial charge in [0.2, 0.25) is 21.8 Å². The largest absolute Gasteiger partial charge is 1.00 e. The molecule has 8 aromatic rings. The summed E-state index contributed by atoms with van der Waals surface area (Å²) in [5, 5.41) is 24.2.